The molecule has 1 aromatic heterocycles. The van der Waals surface area contributed by atoms with Crippen molar-refractivity contribution in [2.24, 2.45) is 0 Å². The van der Waals surface area contributed by atoms with E-state index in [9.17, 15) is 9.59 Å². The third-order valence-electron chi connectivity index (χ3n) is 5.18. The number of furan rings is 1. The van der Waals surface area contributed by atoms with Crippen molar-refractivity contribution in [2.75, 3.05) is 44.6 Å². The van der Waals surface area contributed by atoms with Gasteiger partial charge in [-0.3, -0.25) is 19.4 Å². The number of carbonyl (C=O) groups excluding carboxylic acids is 2. The molecule has 0 bridgehead atoms. The Labute approximate surface area is 170 Å². The number of rotatable bonds is 8. The van der Waals surface area contributed by atoms with E-state index in [1.807, 2.05) is 6.92 Å². The van der Waals surface area contributed by atoms with Gasteiger partial charge in [-0.05, 0) is 31.2 Å². The maximum absolute atomic E-state index is 12.8. The lowest BCUT2D eigenvalue weighted by Crippen LogP contribution is -2.53. The van der Waals surface area contributed by atoms with Gasteiger partial charge >= 0.3 is 0 Å². The molecule has 1 aliphatic heterocycles. The summed E-state index contributed by atoms with van der Waals surface area (Å²) in [5, 5.41) is 14.8. The molecule has 0 spiro atoms. The molecule has 2 amide bonds. The Morgan fingerprint density at radius 1 is 1.14 bits per heavy atom. The number of amides is 2. The number of carbonyl (C=O) groups is 2. The molecule has 0 aliphatic carbocycles. The number of para-hydroxylation sites is 1. The Hall–Kier alpha value is -2.68. The highest BCUT2D eigenvalue weighted by atomic mass is 16.3. The molecule has 8 nitrogen and oxygen atoms in total. The second kappa shape index (κ2) is 10.2. The van der Waals surface area contributed by atoms with Crippen LogP contribution in [0.4, 0.5) is 5.69 Å². The predicted octanol–water partition coefficient (Wildman–Crippen LogP) is 1.15. The largest absolute Gasteiger partial charge is 0.467 e. The van der Waals surface area contributed by atoms with Crippen LogP contribution in [0.15, 0.2) is 47.1 Å². The van der Waals surface area contributed by atoms with E-state index in [1.165, 1.54) is 0 Å². The van der Waals surface area contributed by atoms with Crippen molar-refractivity contribution in [3.05, 3.63) is 54.0 Å². The summed E-state index contributed by atoms with van der Waals surface area (Å²) in [5.74, 6) is 0.239. The SMILES string of the molecule is CC(C(=O)Nc1ccccc1C(=O)NCc1ccco1)N1CCN(CCO)CC1. The summed E-state index contributed by atoms with van der Waals surface area (Å²) >= 11 is 0. The lowest BCUT2D eigenvalue weighted by molar-refractivity contribution is -0.121. The van der Waals surface area contributed by atoms with Gasteiger partial charge in [0.2, 0.25) is 5.91 Å². The molecule has 3 N–H and O–H groups in total. The van der Waals surface area contributed by atoms with Gasteiger partial charge in [0.1, 0.15) is 5.76 Å². The van der Waals surface area contributed by atoms with E-state index >= 15 is 0 Å². The van der Waals surface area contributed by atoms with E-state index < -0.39 is 0 Å². The average molecular weight is 400 g/mol. The van der Waals surface area contributed by atoms with Crippen LogP contribution in [0, 0.1) is 0 Å². The number of aliphatic hydroxyl groups excluding tert-OH is 1. The monoisotopic (exact) mass is 400 g/mol. The second-order valence-corrected chi connectivity index (χ2v) is 7.07. The average Bonchev–Trinajstić information content (AvgIpc) is 3.26. The minimum Gasteiger partial charge on any atom is -0.467 e. The number of β-amino-alcohol motifs (C(OH)–C–C–N with tert-alkyl or cyclic N) is 1. The molecule has 1 aromatic carbocycles. The standard InChI is InChI=1S/C21H28N4O4/c1-16(25-10-8-24(9-11-25)12-13-26)20(27)23-19-7-3-2-6-18(19)21(28)22-15-17-5-4-14-29-17/h2-7,14,16,26H,8-13,15H2,1H3,(H,22,28)(H,23,27). The molecular weight excluding hydrogens is 372 g/mol. The Morgan fingerprint density at radius 2 is 1.90 bits per heavy atom. The van der Waals surface area contributed by atoms with Crippen LogP contribution in [-0.4, -0.2) is 72.1 Å². The van der Waals surface area contributed by atoms with Crippen LogP contribution in [0.1, 0.15) is 23.0 Å². The molecule has 29 heavy (non-hydrogen) atoms. The molecule has 0 radical (unpaired) electrons. The van der Waals surface area contributed by atoms with Crippen molar-refractivity contribution in [3.63, 3.8) is 0 Å². The highest BCUT2D eigenvalue weighted by Gasteiger charge is 2.26. The van der Waals surface area contributed by atoms with Crippen LogP contribution >= 0.6 is 0 Å². The summed E-state index contributed by atoms with van der Waals surface area (Å²) in [6.45, 7) is 6.14. The molecule has 2 aromatic rings. The molecule has 1 saturated heterocycles. The van der Waals surface area contributed by atoms with Crippen LogP contribution < -0.4 is 10.6 Å². The van der Waals surface area contributed by atoms with Gasteiger partial charge in [-0.25, -0.2) is 0 Å². The van der Waals surface area contributed by atoms with Gasteiger partial charge in [0.25, 0.3) is 5.91 Å². The molecule has 1 atom stereocenters. The number of piperazine rings is 1. The summed E-state index contributed by atoms with van der Waals surface area (Å²) in [6, 6.07) is 10.2. The van der Waals surface area contributed by atoms with Crippen molar-refractivity contribution >= 4 is 17.5 Å². The fraction of sp³-hybridized carbons (Fsp3) is 0.429. The van der Waals surface area contributed by atoms with E-state index in [-0.39, 0.29) is 31.0 Å². The number of nitrogens with zero attached hydrogens (tertiary/aromatic N) is 2. The van der Waals surface area contributed by atoms with Crippen molar-refractivity contribution < 1.29 is 19.1 Å². The summed E-state index contributed by atoms with van der Waals surface area (Å²) in [6.07, 6.45) is 1.56. The number of nitrogens with one attached hydrogen (secondary N) is 2. The summed E-state index contributed by atoms with van der Waals surface area (Å²) in [7, 11) is 0. The summed E-state index contributed by atoms with van der Waals surface area (Å²) in [4.78, 5) is 29.7. The third-order valence-corrected chi connectivity index (χ3v) is 5.18. The van der Waals surface area contributed by atoms with Crippen LogP contribution in [0.5, 0.6) is 0 Å². The highest BCUT2D eigenvalue weighted by Crippen LogP contribution is 2.17. The van der Waals surface area contributed by atoms with Crippen LogP contribution in [0.3, 0.4) is 0 Å². The zero-order valence-corrected chi connectivity index (χ0v) is 16.6. The Morgan fingerprint density at radius 3 is 2.59 bits per heavy atom. The lowest BCUT2D eigenvalue weighted by Gasteiger charge is -2.37. The predicted molar refractivity (Wildman–Crippen MR) is 110 cm³/mol. The van der Waals surface area contributed by atoms with Crippen molar-refractivity contribution in [1.29, 1.82) is 0 Å². The van der Waals surface area contributed by atoms with E-state index in [1.54, 1.807) is 42.7 Å². The first-order valence-corrected chi connectivity index (χ1v) is 9.86. The van der Waals surface area contributed by atoms with Gasteiger partial charge < -0.3 is 20.2 Å². The molecule has 2 heterocycles. The first-order valence-electron chi connectivity index (χ1n) is 9.86. The molecule has 3 rings (SSSR count). The first-order chi connectivity index (χ1) is 14.1. The zero-order chi connectivity index (χ0) is 20.6. The molecule has 8 heteroatoms. The Kier molecular flexibility index (Phi) is 7.40. The molecule has 1 aliphatic rings. The molecule has 156 valence electrons. The van der Waals surface area contributed by atoms with Crippen LogP contribution in [0.2, 0.25) is 0 Å². The van der Waals surface area contributed by atoms with Gasteiger partial charge in [0.15, 0.2) is 0 Å². The number of anilines is 1. The Balaban J connectivity index is 1.58. The maximum Gasteiger partial charge on any atom is 0.253 e. The van der Waals surface area contributed by atoms with Gasteiger partial charge in [-0.1, -0.05) is 12.1 Å². The molecule has 1 fully saturated rings. The van der Waals surface area contributed by atoms with E-state index in [4.69, 9.17) is 9.52 Å². The van der Waals surface area contributed by atoms with Gasteiger partial charge in [0.05, 0.1) is 36.7 Å². The number of hydrogen-bond acceptors (Lipinski definition) is 6. The van der Waals surface area contributed by atoms with E-state index in [0.29, 0.717) is 23.6 Å². The van der Waals surface area contributed by atoms with Crippen LogP contribution in [0.25, 0.3) is 0 Å². The quantitative estimate of drug-likeness (QED) is 0.615. The van der Waals surface area contributed by atoms with Crippen LogP contribution in [-0.2, 0) is 11.3 Å². The molecule has 0 saturated carbocycles. The smallest absolute Gasteiger partial charge is 0.253 e. The fourth-order valence-corrected chi connectivity index (χ4v) is 3.38. The van der Waals surface area contributed by atoms with Gasteiger partial charge in [0, 0.05) is 32.7 Å². The normalized spacial score (nSPS) is 16.3. The zero-order valence-electron chi connectivity index (χ0n) is 16.6. The van der Waals surface area contributed by atoms with Crippen molar-refractivity contribution in [3.8, 4) is 0 Å². The summed E-state index contributed by atoms with van der Waals surface area (Å²) < 4.78 is 5.23. The Bertz CT molecular complexity index is 801. The molecule has 1 unspecified atom stereocenters. The van der Waals surface area contributed by atoms with Crippen molar-refractivity contribution in [2.45, 2.75) is 19.5 Å². The van der Waals surface area contributed by atoms with Gasteiger partial charge in [-0.2, -0.15) is 0 Å². The summed E-state index contributed by atoms with van der Waals surface area (Å²) in [5.41, 5.74) is 0.896. The fourth-order valence-electron chi connectivity index (χ4n) is 3.38. The minimum atomic E-state index is -0.314. The first kappa shape index (κ1) is 21.0. The van der Waals surface area contributed by atoms with E-state index in [2.05, 4.69) is 20.4 Å². The number of hydrogen-bond donors (Lipinski definition) is 3. The van der Waals surface area contributed by atoms with E-state index in [0.717, 1.165) is 26.2 Å². The molecular formula is C21H28N4O4. The second-order valence-electron chi connectivity index (χ2n) is 7.07. The third kappa shape index (κ3) is 5.66. The topological polar surface area (TPSA) is 98.0 Å². The highest BCUT2D eigenvalue weighted by molar-refractivity contribution is 6.04. The number of benzene rings is 1. The maximum atomic E-state index is 12.8. The van der Waals surface area contributed by atoms with Gasteiger partial charge in [-0.15, -0.1) is 0 Å². The van der Waals surface area contributed by atoms with Crippen molar-refractivity contribution in [1.82, 2.24) is 15.1 Å². The number of aliphatic hydroxyl groups is 1. The minimum absolute atomic E-state index is 0.146. The lowest BCUT2D eigenvalue weighted by atomic mass is 10.1.